The number of nitrogen functional groups attached to an aromatic ring is 1. The standard InChI is InChI=1S/C13H23N5O/c1-8(2)9-6-4-5-7-10(9)15-12-16-11(14)17-13(18-12)19-3/h8-10H,4-7H2,1-3H3,(H3,14,15,16,17,18). The lowest BCUT2D eigenvalue weighted by Crippen LogP contribution is -2.35. The first-order chi connectivity index (χ1) is 9.10. The second kappa shape index (κ2) is 6.04. The van der Waals surface area contributed by atoms with Crippen molar-refractivity contribution >= 4 is 11.9 Å². The molecule has 2 rings (SSSR count). The molecule has 0 aliphatic heterocycles. The van der Waals surface area contributed by atoms with Gasteiger partial charge in [0.15, 0.2) is 0 Å². The SMILES string of the molecule is COc1nc(N)nc(NC2CCCCC2C(C)C)n1. The molecule has 3 N–H and O–H groups in total. The van der Waals surface area contributed by atoms with Crippen molar-refractivity contribution in [1.82, 2.24) is 15.0 Å². The third-order valence-corrected chi connectivity index (χ3v) is 3.80. The largest absolute Gasteiger partial charge is 0.467 e. The van der Waals surface area contributed by atoms with Gasteiger partial charge in [-0.1, -0.05) is 26.7 Å². The van der Waals surface area contributed by atoms with Crippen LogP contribution >= 0.6 is 0 Å². The van der Waals surface area contributed by atoms with Crippen molar-refractivity contribution in [2.45, 2.75) is 45.6 Å². The molecule has 106 valence electrons. The van der Waals surface area contributed by atoms with Crippen molar-refractivity contribution in [3.8, 4) is 6.01 Å². The van der Waals surface area contributed by atoms with E-state index in [1.165, 1.54) is 26.4 Å². The summed E-state index contributed by atoms with van der Waals surface area (Å²) in [5, 5.41) is 3.41. The Bertz CT molecular complexity index is 423. The van der Waals surface area contributed by atoms with Crippen LogP contribution in [0.3, 0.4) is 0 Å². The number of ether oxygens (including phenoxy) is 1. The Labute approximate surface area is 114 Å². The summed E-state index contributed by atoms with van der Waals surface area (Å²) in [5.74, 6) is 2.00. The number of rotatable bonds is 4. The number of methoxy groups -OCH3 is 1. The molecule has 0 bridgehead atoms. The summed E-state index contributed by atoms with van der Waals surface area (Å²) < 4.78 is 5.02. The fraction of sp³-hybridized carbons (Fsp3) is 0.769. The molecule has 19 heavy (non-hydrogen) atoms. The zero-order chi connectivity index (χ0) is 13.8. The number of nitrogens with one attached hydrogen (secondary N) is 1. The van der Waals surface area contributed by atoms with Crippen LogP contribution in [0.2, 0.25) is 0 Å². The molecule has 0 saturated heterocycles. The molecule has 0 amide bonds. The maximum atomic E-state index is 5.65. The topological polar surface area (TPSA) is 86.0 Å². The Morgan fingerprint density at radius 2 is 1.95 bits per heavy atom. The van der Waals surface area contributed by atoms with E-state index < -0.39 is 0 Å². The maximum Gasteiger partial charge on any atom is 0.322 e. The maximum absolute atomic E-state index is 5.65. The van der Waals surface area contributed by atoms with Gasteiger partial charge in [-0.05, 0) is 24.7 Å². The van der Waals surface area contributed by atoms with E-state index in [2.05, 4.69) is 34.1 Å². The summed E-state index contributed by atoms with van der Waals surface area (Å²) >= 11 is 0. The van der Waals surface area contributed by atoms with Crippen LogP contribution in [0.25, 0.3) is 0 Å². The van der Waals surface area contributed by atoms with Crippen molar-refractivity contribution in [3.63, 3.8) is 0 Å². The molecule has 0 radical (unpaired) electrons. The normalized spacial score (nSPS) is 23.4. The summed E-state index contributed by atoms with van der Waals surface area (Å²) in [6.07, 6.45) is 4.96. The Hall–Kier alpha value is -1.59. The first kappa shape index (κ1) is 13.8. The fourth-order valence-electron chi connectivity index (χ4n) is 2.83. The van der Waals surface area contributed by atoms with Crippen LogP contribution in [0, 0.1) is 11.8 Å². The molecule has 1 fully saturated rings. The van der Waals surface area contributed by atoms with Crippen LogP contribution in [-0.4, -0.2) is 28.1 Å². The minimum Gasteiger partial charge on any atom is -0.467 e. The van der Waals surface area contributed by atoms with Gasteiger partial charge in [-0.2, -0.15) is 15.0 Å². The van der Waals surface area contributed by atoms with E-state index in [9.17, 15) is 0 Å². The van der Waals surface area contributed by atoms with Crippen molar-refractivity contribution in [2.75, 3.05) is 18.2 Å². The molecular weight excluding hydrogens is 242 g/mol. The third-order valence-electron chi connectivity index (χ3n) is 3.80. The van der Waals surface area contributed by atoms with Gasteiger partial charge in [-0.3, -0.25) is 0 Å². The van der Waals surface area contributed by atoms with Gasteiger partial charge in [0, 0.05) is 6.04 Å². The van der Waals surface area contributed by atoms with E-state index in [4.69, 9.17) is 10.5 Å². The number of hydrogen-bond donors (Lipinski definition) is 2. The molecule has 1 aromatic heterocycles. The molecule has 1 aliphatic carbocycles. The number of hydrogen-bond acceptors (Lipinski definition) is 6. The first-order valence-corrected chi connectivity index (χ1v) is 6.92. The van der Waals surface area contributed by atoms with E-state index in [1.807, 2.05) is 0 Å². The third kappa shape index (κ3) is 3.45. The van der Waals surface area contributed by atoms with Crippen LogP contribution in [0.4, 0.5) is 11.9 Å². The van der Waals surface area contributed by atoms with Crippen LogP contribution in [0.5, 0.6) is 6.01 Å². The molecular formula is C13H23N5O. The van der Waals surface area contributed by atoms with Gasteiger partial charge in [-0.25, -0.2) is 0 Å². The molecule has 2 unspecified atom stereocenters. The molecule has 1 saturated carbocycles. The zero-order valence-corrected chi connectivity index (χ0v) is 11.9. The van der Waals surface area contributed by atoms with Gasteiger partial charge < -0.3 is 15.8 Å². The van der Waals surface area contributed by atoms with E-state index in [1.54, 1.807) is 0 Å². The smallest absolute Gasteiger partial charge is 0.322 e. The summed E-state index contributed by atoms with van der Waals surface area (Å²) in [6, 6.07) is 0.659. The quantitative estimate of drug-likeness (QED) is 0.867. The Morgan fingerprint density at radius 1 is 1.21 bits per heavy atom. The van der Waals surface area contributed by atoms with Gasteiger partial charge >= 0.3 is 6.01 Å². The second-order valence-electron chi connectivity index (χ2n) is 5.45. The highest BCUT2D eigenvalue weighted by Crippen LogP contribution is 2.31. The fourth-order valence-corrected chi connectivity index (χ4v) is 2.83. The van der Waals surface area contributed by atoms with Gasteiger partial charge in [-0.15, -0.1) is 0 Å². The Morgan fingerprint density at radius 3 is 2.63 bits per heavy atom. The number of aromatic nitrogens is 3. The van der Waals surface area contributed by atoms with Gasteiger partial charge in [0.05, 0.1) is 7.11 Å². The summed E-state index contributed by atoms with van der Waals surface area (Å²) in [7, 11) is 1.52. The van der Waals surface area contributed by atoms with Gasteiger partial charge in [0.2, 0.25) is 11.9 Å². The molecule has 1 aromatic rings. The van der Waals surface area contributed by atoms with Gasteiger partial charge in [0.25, 0.3) is 0 Å². The van der Waals surface area contributed by atoms with Crippen LogP contribution in [0.1, 0.15) is 39.5 Å². The average molecular weight is 265 g/mol. The lowest BCUT2D eigenvalue weighted by Gasteiger charge is -2.34. The molecule has 1 heterocycles. The Kier molecular flexibility index (Phi) is 4.39. The molecule has 0 spiro atoms. The molecule has 6 nitrogen and oxygen atoms in total. The van der Waals surface area contributed by atoms with E-state index in [0.717, 1.165) is 6.42 Å². The molecule has 1 aliphatic rings. The minimum absolute atomic E-state index is 0.186. The van der Waals surface area contributed by atoms with E-state index in [-0.39, 0.29) is 12.0 Å². The van der Waals surface area contributed by atoms with Crippen LogP contribution in [0.15, 0.2) is 0 Å². The van der Waals surface area contributed by atoms with Crippen molar-refractivity contribution in [2.24, 2.45) is 11.8 Å². The van der Waals surface area contributed by atoms with Gasteiger partial charge in [0.1, 0.15) is 0 Å². The first-order valence-electron chi connectivity index (χ1n) is 6.92. The van der Waals surface area contributed by atoms with Crippen molar-refractivity contribution < 1.29 is 4.74 Å². The summed E-state index contributed by atoms with van der Waals surface area (Å²) in [6.45, 7) is 4.54. The number of nitrogens with two attached hydrogens (primary N) is 1. The zero-order valence-electron chi connectivity index (χ0n) is 11.9. The average Bonchev–Trinajstić information content (AvgIpc) is 2.38. The number of anilines is 2. The second-order valence-corrected chi connectivity index (χ2v) is 5.45. The highest BCUT2D eigenvalue weighted by molar-refractivity contribution is 5.33. The van der Waals surface area contributed by atoms with Crippen molar-refractivity contribution in [3.05, 3.63) is 0 Å². The summed E-state index contributed by atoms with van der Waals surface area (Å²) in [5.41, 5.74) is 5.65. The predicted octanol–water partition coefficient (Wildman–Crippen LogP) is 2.09. The highest BCUT2D eigenvalue weighted by Gasteiger charge is 2.28. The summed E-state index contributed by atoms with van der Waals surface area (Å²) in [4.78, 5) is 12.2. The molecule has 6 heteroatoms. The minimum atomic E-state index is 0.186. The molecule has 0 aromatic carbocycles. The van der Waals surface area contributed by atoms with E-state index >= 15 is 0 Å². The lowest BCUT2D eigenvalue weighted by molar-refractivity contribution is 0.253. The lowest BCUT2D eigenvalue weighted by atomic mass is 9.78. The van der Waals surface area contributed by atoms with Crippen molar-refractivity contribution in [1.29, 1.82) is 0 Å². The van der Waals surface area contributed by atoms with E-state index in [0.29, 0.717) is 23.8 Å². The van der Waals surface area contributed by atoms with Crippen LogP contribution < -0.4 is 15.8 Å². The molecule has 2 atom stereocenters. The highest BCUT2D eigenvalue weighted by atomic mass is 16.5. The number of nitrogens with zero attached hydrogens (tertiary/aromatic N) is 3. The van der Waals surface area contributed by atoms with Crippen LogP contribution in [-0.2, 0) is 0 Å². The monoisotopic (exact) mass is 265 g/mol. The Balaban J connectivity index is 2.12. The predicted molar refractivity (Wildman–Crippen MR) is 75.0 cm³/mol.